The Bertz CT molecular complexity index is 696. The minimum Gasteiger partial charge on any atom is -0.349 e. The lowest BCUT2D eigenvalue weighted by Gasteiger charge is -2.18. The first-order valence-electron chi connectivity index (χ1n) is 7.65. The molecule has 0 saturated carbocycles. The maximum absolute atomic E-state index is 12.4. The van der Waals surface area contributed by atoms with E-state index < -0.39 is 0 Å². The van der Waals surface area contributed by atoms with Crippen molar-refractivity contribution < 1.29 is 9.59 Å². The number of hydrogen-bond acceptors (Lipinski definition) is 2. The Labute approximate surface area is 136 Å². The molecule has 0 aliphatic heterocycles. The summed E-state index contributed by atoms with van der Waals surface area (Å²) in [5.74, 6) is -0.280. The Morgan fingerprint density at radius 3 is 2.35 bits per heavy atom. The Morgan fingerprint density at radius 1 is 1.04 bits per heavy atom. The van der Waals surface area contributed by atoms with E-state index in [4.69, 9.17) is 0 Å². The summed E-state index contributed by atoms with van der Waals surface area (Å²) in [4.78, 5) is 23.8. The molecule has 2 rings (SSSR count). The first-order chi connectivity index (χ1) is 11.0. The van der Waals surface area contributed by atoms with Crippen LogP contribution in [0.1, 0.15) is 36.1 Å². The van der Waals surface area contributed by atoms with Gasteiger partial charge in [0.15, 0.2) is 0 Å². The van der Waals surface area contributed by atoms with Crippen LogP contribution in [-0.4, -0.2) is 11.8 Å². The van der Waals surface area contributed by atoms with E-state index in [1.807, 2.05) is 62.4 Å². The summed E-state index contributed by atoms with van der Waals surface area (Å²) < 4.78 is 0. The molecule has 0 aliphatic rings. The van der Waals surface area contributed by atoms with Crippen LogP contribution in [-0.2, 0) is 9.59 Å². The Morgan fingerprint density at radius 2 is 1.74 bits per heavy atom. The second kappa shape index (κ2) is 7.58. The van der Waals surface area contributed by atoms with Gasteiger partial charge in [0, 0.05) is 12.6 Å². The SMILES string of the molecule is CC(=O)N[C@@H](CC(=O)Nc1ccc(C)cc1C)c1ccccc1. The topological polar surface area (TPSA) is 58.2 Å². The highest BCUT2D eigenvalue weighted by atomic mass is 16.2. The van der Waals surface area contributed by atoms with Gasteiger partial charge in [-0.25, -0.2) is 0 Å². The first kappa shape index (κ1) is 16.7. The zero-order valence-electron chi connectivity index (χ0n) is 13.7. The number of nitrogens with one attached hydrogen (secondary N) is 2. The van der Waals surface area contributed by atoms with Gasteiger partial charge in [-0.2, -0.15) is 0 Å². The fourth-order valence-electron chi connectivity index (χ4n) is 2.52. The molecule has 0 spiro atoms. The molecule has 0 aliphatic carbocycles. The van der Waals surface area contributed by atoms with E-state index >= 15 is 0 Å². The number of rotatable bonds is 5. The molecule has 0 radical (unpaired) electrons. The normalized spacial score (nSPS) is 11.6. The Hall–Kier alpha value is -2.62. The van der Waals surface area contributed by atoms with Gasteiger partial charge in [0.25, 0.3) is 0 Å². The summed E-state index contributed by atoms with van der Waals surface area (Å²) in [7, 11) is 0. The third kappa shape index (κ3) is 4.95. The molecular formula is C19H22N2O2. The smallest absolute Gasteiger partial charge is 0.226 e. The van der Waals surface area contributed by atoms with E-state index in [2.05, 4.69) is 10.6 Å². The quantitative estimate of drug-likeness (QED) is 0.888. The molecule has 0 aromatic heterocycles. The summed E-state index contributed by atoms with van der Waals surface area (Å²) >= 11 is 0. The van der Waals surface area contributed by atoms with Crippen molar-refractivity contribution in [1.82, 2.24) is 5.32 Å². The molecule has 0 fully saturated rings. The van der Waals surface area contributed by atoms with Gasteiger partial charge in [-0.05, 0) is 31.0 Å². The van der Waals surface area contributed by atoms with Crippen molar-refractivity contribution >= 4 is 17.5 Å². The molecule has 23 heavy (non-hydrogen) atoms. The number of carbonyl (C=O) groups excluding carboxylic acids is 2. The van der Waals surface area contributed by atoms with Crippen LogP contribution in [0.15, 0.2) is 48.5 Å². The highest BCUT2D eigenvalue weighted by Crippen LogP contribution is 2.20. The summed E-state index contributed by atoms with van der Waals surface area (Å²) in [5.41, 5.74) is 3.89. The molecule has 120 valence electrons. The Kier molecular flexibility index (Phi) is 5.52. The average Bonchev–Trinajstić information content (AvgIpc) is 2.50. The zero-order chi connectivity index (χ0) is 16.8. The second-order valence-electron chi connectivity index (χ2n) is 5.73. The maximum Gasteiger partial charge on any atom is 0.226 e. The van der Waals surface area contributed by atoms with Crippen LogP contribution in [0.3, 0.4) is 0 Å². The average molecular weight is 310 g/mol. The lowest BCUT2D eigenvalue weighted by atomic mass is 10.0. The fraction of sp³-hybridized carbons (Fsp3) is 0.263. The van der Waals surface area contributed by atoms with E-state index in [1.165, 1.54) is 6.92 Å². The highest BCUT2D eigenvalue weighted by molar-refractivity contribution is 5.92. The molecule has 0 unspecified atom stereocenters. The van der Waals surface area contributed by atoms with Crippen molar-refractivity contribution in [2.24, 2.45) is 0 Å². The molecule has 2 aromatic rings. The predicted molar refractivity (Wildman–Crippen MR) is 92.2 cm³/mol. The van der Waals surface area contributed by atoms with Gasteiger partial charge < -0.3 is 10.6 Å². The van der Waals surface area contributed by atoms with Gasteiger partial charge in [0.05, 0.1) is 12.5 Å². The maximum atomic E-state index is 12.4. The van der Waals surface area contributed by atoms with Crippen LogP contribution in [0.5, 0.6) is 0 Å². The lowest BCUT2D eigenvalue weighted by Crippen LogP contribution is -2.29. The van der Waals surface area contributed by atoms with Crippen LogP contribution in [0.4, 0.5) is 5.69 Å². The highest BCUT2D eigenvalue weighted by Gasteiger charge is 2.17. The summed E-state index contributed by atoms with van der Waals surface area (Å²) in [6.45, 7) is 5.43. The molecule has 0 heterocycles. The molecule has 2 amide bonds. The summed E-state index contributed by atoms with van der Waals surface area (Å²) in [5, 5.41) is 5.76. The number of benzene rings is 2. The van der Waals surface area contributed by atoms with E-state index in [0.717, 1.165) is 22.4 Å². The monoisotopic (exact) mass is 310 g/mol. The standard InChI is InChI=1S/C19H22N2O2/c1-13-9-10-17(14(2)11-13)21-19(23)12-18(20-15(3)22)16-7-5-4-6-8-16/h4-11,18H,12H2,1-3H3,(H,20,22)(H,21,23)/t18-/m0/s1. The van der Waals surface area contributed by atoms with Crippen LogP contribution in [0.25, 0.3) is 0 Å². The third-order valence-corrected chi connectivity index (χ3v) is 3.62. The number of carbonyl (C=O) groups is 2. The number of anilines is 1. The van der Waals surface area contributed by atoms with Gasteiger partial charge >= 0.3 is 0 Å². The van der Waals surface area contributed by atoms with Gasteiger partial charge in [0.2, 0.25) is 11.8 Å². The number of hydrogen-bond donors (Lipinski definition) is 2. The number of amides is 2. The molecular weight excluding hydrogens is 288 g/mol. The van der Waals surface area contributed by atoms with Gasteiger partial charge in [0.1, 0.15) is 0 Å². The van der Waals surface area contributed by atoms with Gasteiger partial charge in [-0.15, -0.1) is 0 Å². The van der Waals surface area contributed by atoms with E-state index in [1.54, 1.807) is 0 Å². The molecule has 4 nitrogen and oxygen atoms in total. The minimum absolute atomic E-state index is 0.125. The third-order valence-electron chi connectivity index (χ3n) is 3.62. The van der Waals surface area contributed by atoms with Crippen molar-refractivity contribution in [3.8, 4) is 0 Å². The van der Waals surface area contributed by atoms with Crippen LogP contribution in [0.2, 0.25) is 0 Å². The molecule has 2 N–H and O–H groups in total. The summed E-state index contributed by atoms with van der Waals surface area (Å²) in [6, 6.07) is 15.1. The van der Waals surface area contributed by atoms with Crippen molar-refractivity contribution in [2.45, 2.75) is 33.2 Å². The first-order valence-corrected chi connectivity index (χ1v) is 7.65. The predicted octanol–water partition coefficient (Wildman–Crippen LogP) is 3.51. The molecule has 1 atom stereocenters. The summed E-state index contributed by atoms with van der Waals surface area (Å²) in [6.07, 6.45) is 0.191. The van der Waals surface area contributed by atoms with Crippen molar-refractivity contribution in [3.05, 3.63) is 65.2 Å². The second-order valence-corrected chi connectivity index (χ2v) is 5.73. The molecule has 0 bridgehead atoms. The fourth-order valence-corrected chi connectivity index (χ4v) is 2.52. The van der Waals surface area contributed by atoms with Crippen LogP contribution in [0, 0.1) is 13.8 Å². The van der Waals surface area contributed by atoms with Gasteiger partial charge in [-0.1, -0.05) is 48.0 Å². The molecule has 0 saturated heterocycles. The lowest BCUT2D eigenvalue weighted by molar-refractivity contribution is -0.120. The molecule has 4 heteroatoms. The van der Waals surface area contributed by atoms with E-state index in [9.17, 15) is 9.59 Å². The largest absolute Gasteiger partial charge is 0.349 e. The zero-order valence-corrected chi connectivity index (χ0v) is 13.7. The van der Waals surface area contributed by atoms with E-state index in [-0.39, 0.29) is 24.3 Å². The minimum atomic E-state index is -0.334. The van der Waals surface area contributed by atoms with E-state index in [0.29, 0.717) is 0 Å². The van der Waals surface area contributed by atoms with Crippen molar-refractivity contribution in [3.63, 3.8) is 0 Å². The molecule has 2 aromatic carbocycles. The Balaban J connectivity index is 2.09. The van der Waals surface area contributed by atoms with Crippen molar-refractivity contribution in [1.29, 1.82) is 0 Å². The van der Waals surface area contributed by atoms with Crippen molar-refractivity contribution in [2.75, 3.05) is 5.32 Å². The van der Waals surface area contributed by atoms with Crippen LogP contribution < -0.4 is 10.6 Å². The number of aryl methyl sites for hydroxylation is 2. The van der Waals surface area contributed by atoms with Gasteiger partial charge in [-0.3, -0.25) is 9.59 Å². The van der Waals surface area contributed by atoms with Crippen LogP contribution >= 0.6 is 0 Å².